The van der Waals surface area contributed by atoms with E-state index in [2.05, 4.69) is 15.5 Å². The Kier molecular flexibility index (Phi) is 7.50. The zero-order valence-electron chi connectivity index (χ0n) is 15.5. The van der Waals surface area contributed by atoms with E-state index >= 15 is 0 Å². The third-order valence-electron chi connectivity index (χ3n) is 4.38. The fourth-order valence-electron chi connectivity index (χ4n) is 2.89. The van der Waals surface area contributed by atoms with Crippen LogP contribution in [0.2, 0.25) is 0 Å². The molecule has 2 aromatic carbocycles. The highest BCUT2D eigenvalue weighted by Gasteiger charge is 2.10. The van der Waals surface area contributed by atoms with Crippen LogP contribution in [0.25, 0.3) is 0 Å². The van der Waals surface area contributed by atoms with Crippen molar-refractivity contribution in [1.29, 1.82) is 0 Å². The zero-order chi connectivity index (χ0) is 18.7. The fraction of sp³-hybridized carbons (Fsp3) is 0.381. The molecule has 0 unspecified atom stereocenters. The maximum atomic E-state index is 12.0. The van der Waals surface area contributed by atoms with Crippen LogP contribution in [-0.4, -0.2) is 56.7 Å². The molecule has 1 fully saturated rings. The highest BCUT2D eigenvalue weighted by molar-refractivity contribution is 5.76. The third kappa shape index (κ3) is 6.58. The summed E-state index contributed by atoms with van der Waals surface area (Å²) in [6.07, 6.45) is 0.419. The number of nitrogens with zero attached hydrogens (tertiary/aromatic N) is 1. The summed E-state index contributed by atoms with van der Waals surface area (Å²) in [4.78, 5) is 14.3. The molecule has 1 heterocycles. The number of carbonyl (C=O) groups is 1. The lowest BCUT2D eigenvalue weighted by molar-refractivity contribution is -0.120. The standard InChI is InChI=1S/C21H27N3O3/c25-21(23-12-13-24-14-16-26-17-15-24)10-11-22-19-8-4-5-9-20(19)27-18-6-2-1-3-7-18/h1-9,22H,10-17H2,(H,23,25). The van der Waals surface area contributed by atoms with Gasteiger partial charge in [-0.3, -0.25) is 9.69 Å². The van der Waals surface area contributed by atoms with Crippen LogP contribution in [0.5, 0.6) is 11.5 Å². The molecule has 144 valence electrons. The van der Waals surface area contributed by atoms with E-state index in [9.17, 15) is 4.79 Å². The van der Waals surface area contributed by atoms with Crippen LogP contribution in [0.15, 0.2) is 54.6 Å². The first-order valence-corrected chi connectivity index (χ1v) is 9.44. The summed E-state index contributed by atoms with van der Waals surface area (Å²) in [5.74, 6) is 1.58. The van der Waals surface area contributed by atoms with Crippen LogP contribution >= 0.6 is 0 Å². The first-order chi connectivity index (χ1) is 13.3. The minimum absolute atomic E-state index is 0.0530. The van der Waals surface area contributed by atoms with Gasteiger partial charge in [-0.05, 0) is 24.3 Å². The first kappa shape index (κ1) is 19.2. The molecule has 0 atom stereocenters. The second-order valence-electron chi connectivity index (χ2n) is 6.39. The van der Waals surface area contributed by atoms with Crippen molar-refractivity contribution in [2.24, 2.45) is 0 Å². The minimum Gasteiger partial charge on any atom is -0.455 e. The Morgan fingerprint density at radius 1 is 1.00 bits per heavy atom. The molecule has 2 aromatic rings. The van der Waals surface area contributed by atoms with E-state index < -0.39 is 0 Å². The third-order valence-corrected chi connectivity index (χ3v) is 4.38. The second-order valence-corrected chi connectivity index (χ2v) is 6.39. The maximum absolute atomic E-state index is 12.0. The van der Waals surface area contributed by atoms with Crippen molar-refractivity contribution in [3.8, 4) is 11.5 Å². The van der Waals surface area contributed by atoms with Gasteiger partial charge < -0.3 is 20.1 Å². The van der Waals surface area contributed by atoms with Gasteiger partial charge in [0.2, 0.25) is 5.91 Å². The van der Waals surface area contributed by atoms with E-state index in [1.54, 1.807) is 0 Å². The van der Waals surface area contributed by atoms with Crippen molar-refractivity contribution in [1.82, 2.24) is 10.2 Å². The summed E-state index contributed by atoms with van der Waals surface area (Å²) >= 11 is 0. The van der Waals surface area contributed by atoms with Crippen molar-refractivity contribution in [3.05, 3.63) is 54.6 Å². The van der Waals surface area contributed by atoms with Crippen molar-refractivity contribution >= 4 is 11.6 Å². The summed E-state index contributed by atoms with van der Waals surface area (Å²) in [5, 5.41) is 6.27. The van der Waals surface area contributed by atoms with Crippen LogP contribution in [0.1, 0.15) is 6.42 Å². The van der Waals surface area contributed by atoms with E-state index in [4.69, 9.17) is 9.47 Å². The molecule has 1 aliphatic heterocycles. The van der Waals surface area contributed by atoms with Crippen molar-refractivity contribution in [2.75, 3.05) is 51.3 Å². The number of hydrogen-bond donors (Lipinski definition) is 2. The molecule has 0 bridgehead atoms. The minimum atomic E-state index is 0.0530. The molecule has 6 nitrogen and oxygen atoms in total. The van der Waals surface area contributed by atoms with Crippen molar-refractivity contribution in [2.45, 2.75) is 6.42 Å². The lowest BCUT2D eigenvalue weighted by atomic mass is 10.2. The second kappa shape index (κ2) is 10.5. The smallest absolute Gasteiger partial charge is 0.221 e. The number of hydrogen-bond acceptors (Lipinski definition) is 5. The largest absolute Gasteiger partial charge is 0.455 e. The molecule has 0 aliphatic carbocycles. The van der Waals surface area contributed by atoms with Crippen LogP contribution in [0.3, 0.4) is 0 Å². The lowest BCUT2D eigenvalue weighted by Crippen LogP contribution is -2.41. The number of benzene rings is 2. The number of anilines is 1. The predicted molar refractivity (Wildman–Crippen MR) is 106 cm³/mol. The van der Waals surface area contributed by atoms with Gasteiger partial charge in [0.25, 0.3) is 0 Å². The van der Waals surface area contributed by atoms with Crippen molar-refractivity contribution in [3.63, 3.8) is 0 Å². The number of nitrogens with one attached hydrogen (secondary N) is 2. The summed E-state index contributed by atoms with van der Waals surface area (Å²) < 4.78 is 11.2. The summed E-state index contributed by atoms with van der Waals surface area (Å²) in [6.45, 7) is 5.54. The normalized spacial score (nSPS) is 14.5. The quantitative estimate of drug-likeness (QED) is 0.712. The Morgan fingerprint density at radius 3 is 2.56 bits per heavy atom. The van der Waals surface area contributed by atoms with Gasteiger partial charge in [-0.15, -0.1) is 0 Å². The van der Waals surface area contributed by atoms with Gasteiger partial charge >= 0.3 is 0 Å². The van der Waals surface area contributed by atoms with E-state index in [1.165, 1.54) is 0 Å². The molecule has 27 heavy (non-hydrogen) atoms. The number of carbonyl (C=O) groups excluding carboxylic acids is 1. The maximum Gasteiger partial charge on any atom is 0.221 e. The Labute approximate surface area is 160 Å². The van der Waals surface area contributed by atoms with E-state index in [1.807, 2.05) is 54.6 Å². The average Bonchev–Trinajstić information content (AvgIpc) is 2.71. The van der Waals surface area contributed by atoms with Crippen molar-refractivity contribution < 1.29 is 14.3 Å². The van der Waals surface area contributed by atoms with Crippen LogP contribution in [0.4, 0.5) is 5.69 Å². The monoisotopic (exact) mass is 369 g/mol. The highest BCUT2D eigenvalue weighted by atomic mass is 16.5. The fourth-order valence-corrected chi connectivity index (χ4v) is 2.89. The van der Waals surface area contributed by atoms with E-state index in [0.29, 0.717) is 19.5 Å². The molecule has 0 aromatic heterocycles. The number of morpholine rings is 1. The average molecular weight is 369 g/mol. The SMILES string of the molecule is O=C(CCNc1ccccc1Oc1ccccc1)NCCN1CCOCC1. The van der Waals surface area contributed by atoms with E-state index in [-0.39, 0.29) is 5.91 Å². The number of rotatable bonds is 9. The Bertz CT molecular complexity index is 703. The molecule has 0 radical (unpaired) electrons. The molecule has 2 N–H and O–H groups in total. The van der Waals surface area contributed by atoms with Crippen LogP contribution in [-0.2, 0) is 9.53 Å². The molecule has 6 heteroatoms. The number of ether oxygens (including phenoxy) is 2. The summed E-state index contributed by atoms with van der Waals surface area (Å²) in [6, 6.07) is 17.4. The van der Waals surface area contributed by atoms with Gasteiger partial charge in [0.05, 0.1) is 18.9 Å². The Hall–Kier alpha value is -2.57. The first-order valence-electron chi connectivity index (χ1n) is 9.44. The molecule has 0 saturated carbocycles. The topological polar surface area (TPSA) is 62.8 Å². The summed E-state index contributed by atoms with van der Waals surface area (Å²) in [5.41, 5.74) is 0.877. The molecule has 3 rings (SSSR count). The lowest BCUT2D eigenvalue weighted by Gasteiger charge is -2.26. The molecule has 1 aliphatic rings. The van der Waals surface area contributed by atoms with Gasteiger partial charge in [0.1, 0.15) is 5.75 Å². The van der Waals surface area contributed by atoms with Gasteiger partial charge in [-0.25, -0.2) is 0 Å². The van der Waals surface area contributed by atoms with Crippen LogP contribution in [0, 0.1) is 0 Å². The van der Waals surface area contributed by atoms with Gasteiger partial charge in [0, 0.05) is 39.1 Å². The van der Waals surface area contributed by atoms with Gasteiger partial charge in [0.15, 0.2) is 5.75 Å². The molecule has 1 saturated heterocycles. The number of para-hydroxylation sites is 3. The molecular formula is C21H27N3O3. The Balaban J connectivity index is 1.39. The van der Waals surface area contributed by atoms with E-state index in [0.717, 1.165) is 50.0 Å². The van der Waals surface area contributed by atoms with Crippen LogP contribution < -0.4 is 15.4 Å². The molecule has 1 amide bonds. The van der Waals surface area contributed by atoms with Gasteiger partial charge in [-0.2, -0.15) is 0 Å². The zero-order valence-corrected chi connectivity index (χ0v) is 15.5. The summed E-state index contributed by atoms with van der Waals surface area (Å²) in [7, 11) is 0. The number of amides is 1. The molecule has 0 spiro atoms. The van der Waals surface area contributed by atoms with Gasteiger partial charge in [-0.1, -0.05) is 30.3 Å². The predicted octanol–water partition coefficient (Wildman–Crippen LogP) is 2.73. The molecular weight excluding hydrogens is 342 g/mol. The Morgan fingerprint density at radius 2 is 1.74 bits per heavy atom. The highest BCUT2D eigenvalue weighted by Crippen LogP contribution is 2.28.